The lowest BCUT2D eigenvalue weighted by Gasteiger charge is -2.07. The molecule has 5 nitrogen and oxygen atoms in total. The molecule has 0 atom stereocenters. The highest BCUT2D eigenvalue weighted by molar-refractivity contribution is 8.13. The van der Waals surface area contributed by atoms with Crippen LogP contribution in [0, 0.1) is 6.92 Å². The Labute approximate surface area is 149 Å². The average Bonchev–Trinajstić information content (AvgIpc) is 2.97. The summed E-state index contributed by atoms with van der Waals surface area (Å²) in [6.45, 7) is 1.95. The first-order chi connectivity index (χ1) is 11.4. The number of nitrogens with one attached hydrogen (secondary N) is 1. The fourth-order valence-corrected chi connectivity index (χ4v) is 5.61. The van der Waals surface area contributed by atoms with Gasteiger partial charge in [-0.3, -0.25) is 4.72 Å². The van der Waals surface area contributed by atoms with Gasteiger partial charge in [-0.1, -0.05) is 29.5 Å². The summed E-state index contributed by atoms with van der Waals surface area (Å²) in [6.07, 6.45) is 0. The minimum absolute atomic E-state index is 0.0855. The normalized spacial score (nSPS) is 11.6. The topological polar surface area (TPSA) is 68.3 Å². The maximum absolute atomic E-state index is 12.2. The molecule has 0 fully saturated rings. The van der Waals surface area contributed by atoms with E-state index in [0.29, 0.717) is 10.0 Å². The number of thioether (sulfide) groups is 1. The Bertz CT molecular complexity index is 950. The molecule has 0 unspecified atom stereocenters. The van der Waals surface area contributed by atoms with Gasteiger partial charge in [0.05, 0.1) is 17.3 Å². The minimum atomic E-state index is -3.44. The first-order valence-electron chi connectivity index (χ1n) is 7.10. The highest BCUT2D eigenvalue weighted by atomic mass is 32.3. The first-order valence-corrected chi connectivity index (χ1v) is 10.6. The zero-order valence-electron chi connectivity index (χ0n) is 13.1. The lowest BCUT2D eigenvalue weighted by atomic mass is 10.2. The first kappa shape index (κ1) is 17.1. The van der Waals surface area contributed by atoms with Gasteiger partial charge in [-0.2, -0.15) is 0 Å². The van der Waals surface area contributed by atoms with Gasteiger partial charge in [-0.25, -0.2) is 13.4 Å². The second-order valence-electron chi connectivity index (χ2n) is 5.16. The number of fused-ring (bicyclic) bond motifs is 1. The molecule has 0 radical (unpaired) electrons. The monoisotopic (exact) mass is 380 g/mol. The number of benzene rings is 2. The minimum Gasteiger partial charge on any atom is -0.497 e. The Balaban J connectivity index is 1.68. The fraction of sp³-hybridized carbons (Fsp3) is 0.188. The van der Waals surface area contributed by atoms with Gasteiger partial charge in [0.25, 0.3) is 0 Å². The molecule has 126 valence electrons. The van der Waals surface area contributed by atoms with Crippen molar-refractivity contribution < 1.29 is 13.2 Å². The highest BCUT2D eigenvalue weighted by Crippen LogP contribution is 2.32. The standard InChI is InChI=1S/C16H16N2O3S3/c1-11-3-5-12(6-4-11)18-24(19,20)10-22-16-17-14-8-7-13(21-2)9-15(14)23-16/h3-9,18H,10H2,1-2H3. The Morgan fingerprint density at radius 2 is 1.96 bits per heavy atom. The lowest BCUT2D eigenvalue weighted by Crippen LogP contribution is -2.14. The molecule has 0 saturated carbocycles. The molecule has 0 spiro atoms. The van der Waals surface area contributed by atoms with Crippen LogP contribution < -0.4 is 9.46 Å². The molecule has 0 aliphatic rings. The molecule has 24 heavy (non-hydrogen) atoms. The molecule has 3 aromatic rings. The average molecular weight is 381 g/mol. The van der Waals surface area contributed by atoms with Crippen LogP contribution >= 0.6 is 23.1 Å². The van der Waals surface area contributed by atoms with Crippen molar-refractivity contribution in [2.75, 3.05) is 16.9 Å². The Morgan fingerprint density at radius 3 is 2.67 bits per heavy atom. The SMILES string of the molecule is COc1ccc2nc(SCS(=O)(=O)Nc3ccc(C)cc3)sc2c1. The Morgan fingerprint density at radius 1 is 1.21 bits per heavy atom. The van der Waals surface area contributed by atoms with E-state index in [1.807, 2.05) is 37.3 Å². The molecule has 0 amide bonds. The van der Waals surface area contributed by atoms with Crippen molar-refractivity contribution >= 4 is 49.0 Å². The van der Waals surface area contributed by atoms with Gasteiger partial charge in [-0.15, -0.1) is 11.3 Å². The van der Waals surface area contributed by atoms with E-state index in [1.54, 1.807) is 19.2 Å². The second kappa shape index (κ2) is 7.00. The van der Waals surface area contributed by atoms with E-state index in [1.165, 1.54) is 23.1 Å². The molecular formula is C16H16N2O3S3. The number of anilines is 1. The summed E-state index contributed by atoms with van der Waals surface area (Å²) in [7, 11) is -1.83. The number of aromatic nitrogens is 1. The fourth-order valence-electron chi connectivity index (χ4n) is 2.03. The van der Waals surface area contributed by atoms with E-state index in [-0.39, 0.29) is 5.08 Å². The number of thiazole rings is 1. The van der Waals surface area contributed by atoms with Crippen LogP contribution in [-0.2, 0) is 10.0 Å². The van der Waals surface area contributed by atoms with Crippen molar-refractivity contribution in [1.82, 2.24) is 4.98 Å². The Hall–Kier alpha value is -1.77. The summed E-state index contributed by atoms with van der Waals surface area (Å²) in [6, 6.07) is 12.8. The van der Waals surface area contributed by atoms with Crippen LogP contribution in [0.1, 0.15) is 5.56 Å². The van der Waals surface area contributed by atoms with Crippen LogP contribution in [0.25, 0.3) is 10.2 Å². The number of sulfonamides is 1. The largest absolute Gasteiger partial charge is 0.497 e. The van der Waals surface area contributed by atoms with Crippen LogP contribution in [0.5, 0.6) is 5.75 Å². The van der Waals surface area contributed by atoms with Crippen LogP contribution in [0.4, 0.5) is 5.69 Å². The van der Waals surface area contributed by atoms with Gasteiger partial charge in [0.15, 0.2) is 4.34 Å². The van der Waals surface area contributed by atoms with Crippen molar-refractivity contribution in [2.24, 2.45) is 0 Å². The lowest BCUT2D eigenvalue weighted by molar-refractivity contribution is 0.415. The summed E-state index contributed by atoms with van der Waals surface area (Å²) < 4.78 is 33.8. The molecule has 0 saturated heterocycles. The molecule has 8 heteroatoms. The van der Waals surface area contributed by atoms with Gasteiger partial charge in [0, 0.05) is 5.69 Å². The van der Waals surface area contributed by atoms with Crippen LogP contribution in [-0.4, -0.2) is 25.6 Å². The number of nitrogens with zero attached hydrogens (tertiary/aromatic N) is 1. The Kier molecular flexibility index (Phi) is 4.98. The van der Waals surface area contributed by atoms with Crippen molar-refractivity contribution in [2.45, 2.75) is 11.3 Å². The summed E-state index contributed by atoms with van der Waals surface area (Å²) in [4.78, 5) is 4.44. The van der Waals surface area contributed by atoms with Crippen molar-refractivity contribution in [3.63, 3.8) is 0 Å². The summed E-state index contributed by atoms with van der Waals surface area (Å²) in [5.74, 6) is 0.761. The molecule has 1 aromatic heterocycles. The predicted octanol–water partition coefficient (Wildman–Crippen LogP) is 4.10. The zero-order chi connectivity index (χ0) is 17.2. The zero-order valence-corrected chi connectivity index (χ0v) is 15.6. The number of ether oxygens (including phenoxy) is 1. The number of aryl methyl sites for hydroxylation is 1. The van der Waals surface area contributed by atoms with E-state index in [0.717, 1.165) is 21.5 Å². The number of hydrogen-bond donors (Lipinski definition) is 1. The molecule has 0 bridgehead atoms. The van der Waals surface area contributed by atoms with Gasteiger partial charge in [0.1, 0.15) is 10.8 Å². The van der Waals surface area contributed by atoms with Gasteiger partial charge in [-0.05, 0) is 37.3 Å². The third kappa shape index (κ3) is 4.19. The highest BCUT2D eigenvalue weighted by Gasteiger charge is 2.14. The maximum Gasteiger partial charge on any atom is 0.242 e. The summed E-state index contributed by atoms with van der Waals surface area (Å²) >= 11 is 2.66. The van der Waals surface area contributed by atoms with E-state index in [9.17, 15) is 8.42 Å². The summed E-state index contributed by atoms with van der Waals surface area (Å²) in [5, 5.41) is -0.0855. The van der Waals surface area contributed by atoms with Crippen molar-refractivity contribution in [3.8, 4) is 5.75 Å². The van der Waals surface area contributed by atoms with Gasteiger partial charge < -0.3 is 4.74 Å². The second-order valence-corrected chi connectivity index (χ2v) is 9.50. The van der Waals surface area contributed by atoms with Gasteiger partial charge >= 0.3 is 0 Å². The van der Waals surface area contributed by atoms with Crippen LogP contribution in [0.3, 0.4) is 0 Å². The third-order valence-electron chi connectivity index (χ3n) is 3.24. The summed E-state index contributed by atoms with van der Waals surface area (Å²) in [5.41, 5.74) is 2.49. The third-order valence-corrected chi connectivity index (χ3v) is 7.25. The quantitative estimate of drug-likeness (QED) is 0.652. The van der Waals surface area contributed by atoms with E-state index >= 15 is 0 Å². The molecule has 1 heterocycles. The maximum atomic E-state index is 12.2. The number of rotatable bonds is 6. The van der Waals surface area contributed by atoms with Crippen LogP contribution in [0.15, 0.2) is 46.8 Å². The molecule has 0 aliphatic heterocycles. The molecule has 2 aromatic carbocycles. The van der Waals surface area contributed by atoms with E-state index in [2.05, 4.69) is 9.71 Å². The molecule has 0 aliphatic carbocycles. The molecule has 3 rings (SSSR count). The van der Waals surface area contributed by atoms with Crippen molar-refractivity contribution in [1.29, 1.82) is 0 Å². The van der Waals surface area contributed by atoms with E-state index < -0.39 is 10.0 Å². The van der Waals surface area contributed by atoms with E-state index in [4.69, 9.17) is 4.74 Å². The smallest absolute Gasteiger partial charge is 0.242 e. The van der Waals surface area contributed by atoms with Crippen molar-refractivity contribution in [3.05, 3.63) is 48.0 Å². The van der Waals surface area contributed by atoms with Crippen LogP contribution in [0.2, 0.25) is 0 Å². The predicted molar refractivity (Wildman–Crippen MR) is 101 cm³/mol. The number of hydrogen-bond acceptors (Lipinski definition) is 6. The van der Waals surface area contributed by atoms with Gasteiger partial charge in [0.2, 0.25) is 10.0 Å². The molecule has 1 N–H and O–H groups in total. The molecular weight excluding hydrogens is 364 g/mol. The number of methoxy groups -OCH3 is 1.